The fraction of sp³-hybridized carbons (Fsp3) is 0.322. The molecule has 0 heterocycles. The molecular weight excluding hydrogens is 888 g/mol. The van der Waals surface area contributed by atoms with Gasteiger partial charge < -0.3 is 28.4 Å². The molecule has 6 rings (SSSR count). The molecule has 0 amide bonds. The first-order valence-electron chi connectivity index (χ1n) is 24.5. The Balaban J connectivity index is 0.940. The molecule has 366 valence electrons. The summed E-state index contributed by atoms with van der Waals surface area (Å²) < 4.78 is 48.9. The van der Waals surface area contributed by atoms with Crippen molar-refractivity contribution in [1.82, 2.24) is 0 Å². The Kier molecular flexibility index (Phi) is 20.6. The number of hydrogen-bond donors (Lipinski definition) is 0. The molecule has 0 atom stereocenters. The van der Waals surface area contributed by atoms with Gasteiger partial charge in [0.1, 0.15) is 40.3 Å². The maximum absolute atomic E-state index is 15.2. The Morgan fingerprint density at radius 3 is 1.37 bits per heavy atom. The first kappa shape index (κ1) is 52.1. The van der Waals surface area contributed by atoms with Crippen LogP contribution in [-0.4, -0.2) is 37.1 Å². The second-order valence-corrected chi connectivity index (χ2v) is 17.3. The highest BCUT2D eigenvalue weighted by Crippen LogP contribution is 2.28. The molecule has 0 aromatic heterocycles. The molecule has 0 fully saturated rings. The van der Waals surface area contributed by atoms with Crippen molar-refractivity contribution in [2.75, 3.05) is 13.2 Å². The lowest BCUT2D eigenvalue weighted by Gasteiger charge is -2.10. The summed E-state index contributed by atoms with van der Waals surface area (Å²) in [5.74, 6) is -1.81. The Bertz CT molecular complexity index is 2670. The maximum atomic E-state index is 15.2. The molecule has 0 spiro atoms. The fourth-order valence-corrected chi connectivity index (χ4v) is 7.55. The molecule has 0 unspecified atom stereocenters. The van der Waals surface area contributed by atoms with Crippen LogP contribution in [0.25, 0.3) is 16.8 Å². The summed E-state index contributed by atoms with van der Waals surface area (Å²) in [6, 6.07) is 33.4. The van der Waals surface area contributed by atoms with E-state index in [1.54, 1.807) is 73.7 Å². The molecule has 0 N–H and O–H groups in total. The van der Waals surface area contributed by atoms with Crippen molar-refractivity contribution in [1.29, 1.82) is 0 Å². The van der Waals surface area contributed by atoms with Crippen LogP contribution in [0.15, 0.2) is 133 Å². The normalized spacial score (nSPS) is 11.2. The van der Waals surface area contributed by atoms with Crippen LogP contribution in [-0.2, 0) is 4.79 Å². The summed E-state index contributed by atoms with van der Waals surface area (Å²) >= 11 is 0. The minimum Gasteiger partial charge on any atom is -0.494 e. The topological polar surface area (TPSA) is 124 Å². The van der Waals surface area contributed by atoms with Gasteiger partial charge in [0.2, 0.25) is 0 Å². The summed E-state index contributed by atoms with van der Waals surface area (Å²) in [6.45, 7) is 7.27. The number of benzene rings is 6. The third kappa shape index (κ3) is 16.8. The van der Waals surface area contributed by atoms with Crippen LogP contribution in [0.4, 0.5) is 4.39 Å². The first-order valence-corrected chi connectivity index (χ1v) is 24.5. The van der Waals surface area contributed by atoms with Crippen molar-refractivity contribution in [2.45, 2.75) is 111 Å². The Hall–Kier alpha value is -7.27. The lowest BCUT2D eigenvalue weighted by molar-refractivity contribution is -0.130. The fourth-order valence-electron chi connectivity index (χ4n) is 7.55. The average molecular weight is 951 g/mol. The monoisotopic (exact) mass is 950 g/mol. The second kappa shape index (κ2) is 27.7. The highest BCUT2D eigenvalue weighted by atomic mass is 19.1. The van der Waals surface area contributed by atoms with Crippen LogP contribution in [0, 0.1) is 5.82 Å². The lowest BCUT2D eigenvalue weighted by atomic mass is 10.1. The highest BCUT2D eigenvalue weighted by Gasteiger charge is 2.18. The molecule has 0 saturated carbocycles. The highest BCUT2D eigenvalue weighted by molar-refractivity contribution is 5.96. The van der Waals surface area contributed by atoms with E-state index in [-0.39, 0.29) is 34.1 Å². The third-order valence-electron chi connectivity index (χ3n) is 11.6. The minimum absolute atomic E-state index is 0.0805. The van der Waals surface area contributed by atoms with Crippen molar-refractivity contribution < 1.29 is 52.0 Å². The van der Waals surface area contributed by atoms with Gasteiger partial charge in [0.05, 0.1) is 29.9 Å². The third-order valence-corrected chi connectivity index (χ3v) is 11.6. The summed E-state index contributed by atoms with van der Waals surface area (Å²) in [4.78, 5) is 51.9. The van der Waals surface area contributed by atoms with Crippen molar-refractivity contribution in [3.05, 3.63) is 161 Å². The zero-order chi connectivity index (χ0) is 49.5. The van der Waals surface area contributed by atoms with Crippen LogP contribution in [0.2, 0.25) is 0 Å². The molecule has 11 heteroatoms. The van der Waals surface area contributed by atoms with Gasteiger partial charge in [-0.15, -0.1) is 0 Å². The molecule has 0 aliphatic heterocycles. The van der Waals surface area contributed by atoms with E-state index in [0.717, 1.165) is 54.9 Å². The van der Waals surface area contributed by atoms with Crippen molar-refractivity contribution in [3.63, 3.8) is 0 Å². The standard InChI is InChI=1S/C59H63FO10/c1-4-6-8-10-11-12-13-14-15-17-37-66-49-28-22-45(23-29-49)57(62)67-50-30-24-46(25-31-50)58(63)69-51-32-20-44-21-33-52(40-47(44)39-51)70-59(64)54-35-34-53(41-55(54)60)68-56(61)42(3)38-43-18-26-48(27-19-43)65-36-16-9-7-5-2/h18-35,38-41H,4-17,36-37H2,1-3H3/b42-38+. The smallest absolute Gasteiger partial charge is 0.346 e. The van der Waals surface area contributed by atoms with E-state index in [1.165, 1.54) is 94.2 Å². The van der Waals surface area contributed by atoms with Gasteiger partial charge in [-0.1, -0.05) is 115 Å². The van der Waals surface area contributed by atoms with E-state index in [1.807, 2.05) is 24.3 Å². The average Bonchev–Trinajstić information content (AvgIpc) is 3.36. The Morgan fingerprint density at radius 2 is 0.843 bits per heavy atom. The van der Waals surface area contributed by atoms with Gasteiger partial charge in [0.15, 0.2) is 0 Å². The SMILES string of the molecule is CCCCCCCCCCCCOc1ccc(C(=O)Oc2ccc(C(=O)Oc3ccc4ccc(OC(=O)c5ccc(OC(=O)/C(C)=C/c6ccc(OCCCCCC)cc6)cc5F)cc4c3)cc2)cc1. The number of carbonyl (C=O) groups excluding carboxylic acids is 4. The van der Waals surface area contributed by atoms with Gasteiger partial charge >= 0.3 is 23.9 Å². The molecule has 0 saturated heterocycles. The van der Waals surface area contributed by atoms with Crippen molar-refractivity contribution >= 4 is 40.7 Å². The molecule has 6 aromatic rings. The molecular formula is C59H63FO10. The van der Waals surface area contributed by atoms with E-state index >= 15 is 4.39 Å². The molecule has 70 heavy (non-hydrogen) atoms. The van der Waals surface area contributed by atoms with Crippen LogP contribution in [0.3, 0.4) is 0 Å². The van der Waals surface area contributed by atoms with Crippen molar-refractivity contribution in [3.8, 4) is 34.5 Å². The molecule has 0 radical (unpaired) electrons. The number of fused-ring (bicyclic) bond motifs is 1. The van der Waals surface area contributed by atoms with Gasteiger partial charge in [-0.2, -0.15) is 0 Å². The number of hydrogen-bond acceptors (Lipinski definition) is 10. The van der Waals surface area contributed by atoms with Crippen LogP contribution in [0.5, 0.6) is 34.5 Å². The van der Waals surface area contributed by atoms with Gasteiger partial charge in [0, 0.05) is 11.6 Å². The number of rotatable bonds is 27. The minimum atomic E-state index is -0.964. The molecule has 6 aromatic carbocycles. The molecule has 10 nitrogen and oxygen atoms in total. The predicted octanol–water partition coefficient (Wildman–Crippen LogP) is 14.9. The zero-order valence-electron chi connectivity index (χ0n) is 40.5. The summed E-state index contributed by atoms with van der Waals surface area (Å²) in [5, 5.41) is 1.35. The van der Waals surface area contributed by atoms with E-state index in [2.05, 4.69) is 13.8 Å². The van der Waals surface area contributed by atoms with Gasteiger partial charge in [-0.3, -0.25) is 0 Å². The summed E-state index contributed by atoms with van der Waals surface area (Å²) in [7, 11) is 0. The van der Waals surface area contributed by atoms with Crippen LogP contribution < -0.4 is 28.4 Å². The zero-order valence-corrected chi connectivity index (χ0v) is 40.5. The Morgan fingerprint density at radius 1 is 0.429 bits per heavy atom. The maximum Gasteiger partial charge on any atom is 0.346 e. The molecule has 0 bridgehead atoms. The predicted molar refractivity (Wildman–Crippen MR) is 271 cm³/mol. The molecule has 0 aliphatic carbocycles. The van der Waals surface area contributed by atoms with Gasteiger partial charge in [-0.05, 0) is 139 Å². The van der Waals surface area contributed by atoms with E-state index < -0.39 is 29.7 Å². The largest absolute Gasteiger partial charge is 0.494 e. The van der Waals surface area contributed by atoms with E-state index in [4.69, 9.17) is 28.4 Å². The number of esters is 4. The molecule has 0 aliphatic rings. The number of unbranched alkanes of at least 4 members (excludes halogenated alkanes) is 12. The van der Waals surface area contributed by atoms with Gasteiger partial charge in [0.25, 0.3) is 0 Å². The quantitative estimate of drug-likeness (QED) is 0.0213. The summed E-state index contributed by atoms with van der Waals surface area (Å²) in [6.07, 6.45) is 18.7. The van der Waals surface area contributed by atoms with Crippen LogP contribution >= 0.6 is 0 Å². The van der Waals surface area contributed by atoms with Crippen molar-refractivity contribution in [2.24, 2.45) is 0 Å². The Labute approximate surface area is 410 Å². The second-order valence-electron chi connectivity index (χ2n) is 17.3. The summed E-state index contributed by atoms with van der Waals surface area (Å²) in [5.41, 5.74) is 1.28. The van der Waals surface area contributed by atoms with E-state index in [0.29, 0.717) is 35.5 Å². The number of halogens is 1. The number of carbonyl (C=O) groups is 4. The van der Waals surface area contributed by atoms with Gasteiger partial charge in [-0.25, -0.2) is 23.6 Å². The van der Waals surface area contributed by atoms with Crippen LogP contribution in [0.1, 0.15) is 147 Å². The number of ether oxygens (including phenoxy) is 6. The van der Waals surface area contributed by atoms with E-state index in [9.17, 15) is 19.2 Å². The lowest BCUT2D eigenvalue weighted by Crippen LogP contribution is -2.12. The first-order chi connectivity index (χ1) is 34.1.